The number of carbonyl (C=O) groups is 1. The Labute approximate surface area is 186 Å². The number of ether oxygens (including phenoxy) is 1. The molecule has 1 unspecified atom stereocenters. The summed E-state index contributed by atoms with van der Waals surface area (Å²) >= 11 is 0. The summed E-state index contributed by atoms with van der Waals surface area (Å²) < 4.78 is 24.5. The second-order valence-electron chi connectivity index (χ2n) is 8.83. The number of anilines is 1. The molecule has 168 valence electrons. The predicted octanol–water partition coefficient (Wildman–Crippen LogP) is 5.12. The average molecular weight is 438 g/mol. The van der Waals surface area contributed by atoms with Crippen molar-refractivity contribution < 1.29 is 18.4 Å². The van der Waals surface area contributed by atoms with Gasteiger partial charge in [-0.3, -0.25) is 9.80 Å². The Balaban J connectivity index is 1.15. The van der Waals surface area contributed by atoms with Crippen LogP contribution in [0, 0.1) is 5.82 Å². The number of rotatable bonds is 4. The summed E-state index contributed by atoms with van der Waals surface area (Å²) in [7, 11) is 0. The molecule has 1 aromatic heterocycles. The van der Waals surface area contributed by atoms with Crippen LogP contribution in [0.2, 0.25) is 0 Å². The van der Waals surface area contributed by atoms with E-state index in [4.69, 9.17) is 9.26 Å². The first-order chi connectivity index (χ1) is 15.6. The van der Waals surface area contributed by atoms with E-state index in [1.165, 1.54) is 17.7 Å². The van der Waals surface area contributed by atoms with Gasteiger partial charge in [0.25, 0.3) is 0 Å². The molecule has 0 N–H and O–H groups in total. The van der Waals surface area contributed by atoms with Crippen molar-refractivity contribution in [2.75, 3.05) is 31.1 Å². The zero-order chi connectivity index (χ0) is 22.1. The number of aromatic nitrogens is 1. The van der Waals surface area contributed by atoms with Crippen LogP contribution in [0.1, 0.15) is 43.4 Å². The average Bonchev–Trinajstić information content (AvgIpc) is 3.25. The number of amides is 1. The zero-order valence-corrected chi connectivity index (χ0v) is 18.3. The molecular weight excluding hydrogens is 409 g/mol. The minimum absolute atomic E-state index is 0.142. The smallest absolute Gasteiger partial charge is 0.414 e. The molecule has 6 nitrogen and oxygen atoms in total. The maximum atomic E-state index is 13.4. The lowest BCUT2D eigenvalue weighted by molar-refractivity contribution is 0.0853. The lowest BCUT2D eigenvalue weighted by Gasteiger charge is -2.35. The molecule has 3 aromatic rings. The summed E-state index contributed by atoms with van der Waals surface area (Å²) in [4.78, 5) is 16.9. The van der Waals surface area contributed by atoms with Crippen molar-refractivity contribution >= 4 is 22.7 Å². The van der Waals surface area contributed by atoms with Crippen LogP contribution in [0.3, 0.4) is 0 Å². The van der Waals surface area contributed by atoms with Gasteiger partial charge >= 0.3 is 6.09 Å². The lowest BCUT2D eigenvalue weighted by atomic mass is 9.91. The van der Waals surface area contributed by atoms with Crippen molar-refractivity contribution in [3.05, 3.63) is 59.5 Å². The van der Waals surface area contributed by atoms with Crippen molar-refractivity contribution in [2.45, 2.75) is 44.6 Å². The summed E-state index contributed by atoms with van der Waals surface area (Å²) in [5, 5.41) is 5.12. The first-order valence-electron chi connectivity index (χ1n) is 11.4. The quantitative estimate of drug-likeness (QED) is 0.567. The van der Waals surface area contributed by atoms with E-state index in [1.54, 1.807) is 11.0 Å². The maximum Gasteiger partial charge on any atom is 0.414 e. The monoisotopic (exact) mass is 437 g/mol. The molecule has 3 heterocycles. The second kappa shape index (κ2) is 8.90. The number of likely N-dealkylation sites (tertiary alicyclic amines) is 1. The second-order valence-corrected chi connectivity index (χ2v) is 8.83. The third kappa shape index (κ3) is 4.09. The number of benzene rings is 2. The van der Waals surface area contributed by atoms with E-state index in [1.807, 2.05) is 18.2 Å². The van der Waals surface area contributed by atoms with E-state index in [9.17, 15) is 9.18 Å². The number of piperidine rings is 1. The van der Waals surface area contributed by atoms with Gasteiger partial charge in [-0.15, -0.1) is 0 Å². The van der Waals surface area contributed by atoms with Gasteiger partial charge in [-0.1, -0.05) is 23.4 Å². The number of fused-ring (bicyclic) bond motifs is 2. The van der Waals surface area contributed by atoms with Crippen LogP contribution in [-0.4, -0.2) is 48.4 Å². The normalized spacial score (nSPS) is 18.5. The van der Waals surface area contributed by atoms with Crippen molar-refractivity contribution in [2.24, 2.45) is 0 Å². The predicted molar refractivity (Wildman–Crippen MR) is 120 cm³/mol. The van der Waals surface area contributed by atoms with Gasteiger partial charge in [-0.25, -0.2) is 9.18 Å². The van der Waals surface area contributed by atoms with Crippen LogP contribution in [-0.2, 0) is 11.2 Å². The highest BCUT2D eigenvalue weighted by Crippen LogP contribution is 2.33. The van der Waals surface area contributed by atoms with E-state index in [0.717, 1.165) is 55.5 Å². The molecule has 0 saturated carbocycles. The Hall–Kier alpha value is -2.93. The molecule has 2 aliphatic heterocycles. The zero-order valence-electron chi connectivity index (χ0n) is 18.3. The number of hydrogen-bond donors (Lipinski definition) is 0. The van der Waals surface area contributed by atoms with Gasteiger partial charge in [0, 0.05) is 30.0 Å². The highest BCUT2D eigenvalue weighted by molar-refractivity contribution is 5.89. The van der Waals surface area contributed by atoms with Gasteiger partial charge in [-0.05, 0) is 69.5 Å². The lowest BCUT2D eigenvalue weighted by Crippen LogP contribution is -2.43. The van der Waals surface area contributed by atoms with Crippen molar-refractivity contribution in [3.8, 4) is 0 Å². The van der Waals surface area contributed by atoms with Crippen molar-refractivity contribution in [1.82, 2.24) is 10.1 Å². The molecule has 32 heavy (non-hydrogen) atoms. The van der Waals surface area contributed by atoms with E-state index < -0.39 is 0 Å². The Morgan fingerprint density at radius 2 is 2.03 bits per heavy atom. The third-order valence-corrected chi connectivity index (χ3v) is 6.78. The first-order valence-corrected chi connectivity index (χ1v) is 11.4. The van der Waals surface area contributed by atoms with E-state index >= 15 is 0 Å². The Kier molecular flexibility index (Phi) is 5.83. The summed E-state index contributed by atoms with van der Waals surface area (Å²) in [5.74, 6) is -0.0241. The minimum Gasteiger partial charge on any atom is -0.448 e. The van der Waals surface area contributed by atoms with E-state index in [2.05, 4.69) is 23.0 Å². The molecule has 5 rings (SSSR count). The van der Waals surface area contributed by atoms with Crippen molar-refractivity contribution in [1.29, 1.82) is 0 Å². The molecule has 0 aliphatic carbocycles. The molecule has 2 aliphatic rings. The van der Waals surface area contributed by atoms with Gasteiger partial charge in [0.15, 0.2) is 5.58 Å². The molecule has 0 spiro atoms. The first kappa shape index (κ1) is 20.9. The summed E-state index contributed by atoms with van der Waals surface area (Å²) in [6.45, 7) is 4.96. The van der Waals surface area contributed by atoms with Crippen LogP contribution < -0.4 is 4.90 Å². The van der Waals surface area contributed by atoms with Crippen LogP contribution in [0.4, 0.5) is 14.9 Å². The summed E-state index contributed by atoms with van der Waals surface area (Å²) in [6.07, 6.45) is 3.58. The molecule has 1 saturated heterocycles. The number of nitrogens with zero attached hydrogens (tertiary/aromatic N) is 3. The van der Waals surface area contributed by atoms with Gasteiger partial charge in [0.2, 0.25) is 0 Å². The van der Waals surface area contributed by atoms with E-state index in [-0.39, 0.29) is 23.9 Å². The summed E-state index contributed by atoms with van der Waals surface area (Å²) in [6, 6.07) is 12.8. The molecule has 0 radical (unpaired) electrons. The maximum absolute atomic E-state index is 13.4. The highest BCUT2D eigenvalue weighted by Gasteiger charge is 2.29. The number of aryl methyl sites for hydroxylation is 1. The molecule has 1 atom stereocenters. The fourth-order valence-electron chi connectivity index (χ4n) is 4.94. The van der Waals surface area contributed by atoms with E-state index in [0.29, 0.717) is 18.7 Å². The number of hydrogen-bond acceptors (Lipinski definition) is 5. The van der Waals surface area contributed by atoms with Crippen LogP contribution in [0.15, 0.2) is 47.0 Å². The van der Waals surface area contributed by atoms with Gasteiger partial charge in [0.05, 0.1) is 11.4 Å². The van der Waals surface area contributed by atoms with Crippen LogP contribution in [0.5, 0.6) is 0 Å². The number of para-hydroxylation sites is 1. The molecule has 7 heteroatoms. The summed E-state index contributed by atoms with van der Waals surface area (Å²) in [5.41, 5.74) is 3.59. The van der Waals surface area contributed by atoms with Gasteiger partial charge in [0.1, 0.15) is 12.4 Å². The standard InChI is InChI=1S/C25H28FN3O3/c1-17(16-31-25(30)29-12-4-6-18-5-2-3-7-22(18)29)28-13-10-19(11-14-28)24-21-9-8-20(26)15-23(21)32-27-24/h2-3,5,7-9,15,17,19H,4,6,10-14,16H2,1H3. The Bertz CT molecular complexity index is 1110. The number of carbonyl (C=O) groups excluding carboxylic acids is 1. The fourth-order valence-corrected chi connectivity index (χ4v) is 4.94. The molecule has 2 aromatic carbocycles. The van der Waals surface area contributed by atoms with Crippen molar-refractivity contribution in [3.63, 3.8) is 0 Å². The Morgan fingerprint density at radius 3 is 2.88 bits per heavy atom. The molecule has 1 amide bonds. The third-order valence-electron chi connectivity index (χ3n) is 6.78. The SMILES string of the molecule is CC(COC(=O)N1CCCc2ccccc21)N1CCC(c2noc3cc(F)ccc23)CC1. The number of halogens is 1. The molecule has 0 bridgehead atoms. The minimum atomic E-state index is -0.313. The van der Waals surface area contributed by atoms with Gasteiger partial charge < -0.3 is 9.26 Å². The van der Waals surface area contributed by atoms with Crippen LogP contribution >= 0.6 is 0 Å². The Morgan fingerprint density at radius 1 is 1.22 bits per heavy atom. The molecule has 1 fully saturated rings. The van der Waals surface area contributed by atoms with Crippen LogP contribution in [0.25, 0.3) is 11.0 Å². The van der Waals surface area contributed by atoms with Gasteiger partial charge in [-0.2, -0.15) is 0 Å². The fraction of sp³-hybridized carbons (Fsp3) is 0.440. The molecular formula is C25H28FN3O3. The largest absolute Gasteiger partial charge is 0.448 e. The topological polar surface area (TPSA) is 58.8 Å². The highest BCUT2D eigenvalue weighted by atomic mass is 19.1.